The average molecular weight is 255 g/mol. The van der Waals surface area contributed by atoms with Crippen LogP contribution in [0, 0.1) is 0 Å². The standard InChI is InChI=1S/C12H21N3O3/c1-4-6-7-13-9(16)8-15-11(18)14-10(17)12(15,3)5-2/h4-8H2,1-3H3,(H,13,16)(H,14,17,18). The average Bonchev–Trinajstić information content (AvgIpc) is 2.54. The third-order valence-corrected chi connectivity index (χ3v) is 3.39. The number of imide groups is 1. The van der Waals surface area contributed by atoms with Crippen LogP contribution in [0.4, 0.5) is 4.79 Å². The van der Waals surface area contributed by atoms with E-state index >= 15 is 0 Å². The van der Waals surface area contributed by atoms with Crippen molar-refractivity contribution in [2.75, 3.05) is 13.1 Å². The minimum absolute atomic E-state index is 0.0778. The van der Waals surface area contributed by atoms with Gasteiger partial charge in [-0.3, -0.25) is 14.9 Å². The molecule has 4 amide bonds. The van der Waals surface area contributed by atoms with E-state index in [1.807, 2.05) is 13.8 Å². The van der Waals surface area contributed by atoms with Crippen molar-refractivity contribution in [1.82, 2.24) is 15.5 Å². The number of rotatable bonds is 6. The Balaban J connectivity index is 2.61. The van der Waals surface area contributed by atoms with Crippen LogP contribution in [0.15, 0.2) is 0 Å². The van der Waals surface area contributed by atoms with Crippen molar-refractivity contribution in [2.45, 2.75) is 45.6 Å². The van der Waals surface area contributed by atoms with Crippen LogP contribution in [0.5, 0.6) is 0 Å². The van der Waals surface area contributed by atoms with Gasteiger partial charge in [0.15, 0.2) is 0 Å². The molecule has 0 spiro atoms. The molecule has 1 saturated heterocycles. The summed E-state index contributed by atoms with van der Waals surface area (Å²) in [7, 11) is 0. The van der Waals surface area contributed by atoms with Gasteiger partial charge in [-0.05, 0) is 19.8 Å². The summed E-state index contributed by atoms with van der Waals surface area (Å²) < 4.78 is 0. The number of nitrogens with zero attached hydrogens (tertiary/aromatic N) is 1. The second-order valence-electron chi connectivity index (χ2n) is 4.68. The first kappa shape index (κ1) is 14.5. The minimum Gasteiger partial charge on any atom is -0.355 e. The first-order chi connectivity index (χ1) is 8.45. The van der Waals surface area contributed by atoms with Crippen molar-refractivity contribution in [3.05, 3.63) is 0 Å². The summed E-state index contributed by atoms with van der Waals surface area (Å²) in [4.78, 5) is 36.3. The molecule has 1 rings (SSSR count). The van der Waals surface area contributed by atoms with Crippen molar-refractivity contribution >= 4 is 17.8 Å². The first-order valence-corrected chi connectivity index (χ1v) is 6.35. The molecule has 0 aromatic heterocycles. The van der Waals surface area contributed by atoms with Crippen molar-refractivity contribution in [3.8, 4) is 0 Å². The van der Waals surface area contributed by atoms with E-state index in [-0.39, 0.29) is 18.4 Å². The Hall–Kier alpha value is -1.59. The zero-order chi connectivity index (χ0) is 13.8. The molecule has 0 saturated carbocycles. The predicted octanol–water partition coefficient (Wildman–Crippen LogP) is 0.623. The fraction of sp³-hybridized carbons (Fsp3) is 0.750. The highest BCUT2D eigenvalue weighted by molar-refractivity contribution is 6.07. The summed E-state index contributed by atoms with van der Waals surface area (Å²) in [5, 5.41) is 4.98. The van der Waals surface area contributed by atoms with Crippen molar-refractivity contribution in [1.29, 1.82) is 0 Å². The molecule has 2 N–H and O–H groups in total. The van der Waals surface area contributed by atoms with Crippen molar-refractivity contribution in [2.24, 2.45) is 0 Å². The van der Waals surface area contributed by atoms with Crippen LogP contribution in [0.25, 0.3) is 0 Å². The molecule has 1 aliphatic rings. The van der Waals surface area contributed by atoms with Gasteiger partial charge in [-0.15, -0.1) is 0 Å². The second kappa shape index (κ2) is 5.84. The van der Waals surface area contributed by atoms with E-state index in [9.17, 15) is 14.4 Å². The Bertz CT molecular complexity index is 356. The molecule has 1 fully saturated rings. The summed E-state index contributed by atoms with van der Waals surface area (Å²) in [6, 6.07) is -0.491. The molecule has 6 heteroatoms. The molecule has 0 radical (unpaired) electrons. The van der Waals surface area contributed by atoms with E-state index in [2.05, 4.69) is 10.6 Å². The zero-order valence-electron chi connectivity index (χ0n) is 11.2. The highest BCUT2D eigenvalue weighted by atomic mass is 16.2. The van der Waals surface area contributed by atoms with Crippen LogP contribution in [-0.4, -0.2) is 41.4 Å². The van der Waals surface area contributed by atoms with Crippen LogP contribution in [-0.2, 0) is 9.59 Å². The van der Waals surface area contributed by atoms with Gasteiger partial charge in [0.05, 0.1) is 0 Å². The molecular formula is C12H21N3O3. The van der Waals surface area contributed by atoms with Gasteiger partial charge in [0.1, 0.15) is 12.1 Å². The minimum atomic E-state index is -0.917. The van der Waals surface area contributed by atoms with E-state index in [4.69, 9.17) is 0 Å². The summed E-state index contributed by atoms with van der Waals surface area (Å²) in [6.45, 7) is 6.05. The normalized spacial score (nSPS) is 23.2. The molecule has 0 aromatic carbocycles. The van der Waals surface area contributed by atoms with Crippen molar-refractivity contribution < 1.29 is 14.4 Å². The third kappa shape index (κ3) is 2.80. The van der Waals surface area contributed by atoms with E-state index in [0.29, 0.717) is 13.0 Å². The van der Waals surface area contributed by atoms with Gasteiger partial charge in [0.2, 0.25) is 5.91 Å². The van der Waals surface area contributed by atoms with Crippen molar-refractivity contribution in [3.63, 3.8) is 0 Å². The number of hydrogen-bond donors (Lipinski definition) is 2. The molecule has 0 aliphatic carbocycles. The first-order valence-electron chi connectivity index (χ1n) is 6.35. The van der Waals surface area contributed by atoms with Gasteiger partial charge < -0.3 is 10.2 Å². The SMILES string of the molecule is CCCCNC(=O)CN1C(=O)NC(=O)C1(C)CC. The van der Waals surface area contributed by atoms with Crippen LogP contribution < -0.4 is 10.6 Å². The van der Waals surface area contributed by atoms with Gasteiger partial charge >= 0.3 is 6.03 Å². The topological polar surface area (TPSA) is 78.5 Å². The number of unbranched alkanes of at least 4 members (excludes halogenated alkanes) is 1. The van der Waals surface area contributed by atoms with Crippen LogP contribution >= 0.6 is 0 Å². The number of carbonyl (C=O) groups excluding carboxylic acids is 3. The molecular weight excluding hydrogens is 234 g/mol. The van der Waals surface area contributed by atoms with Crippen LogP contribution in [0.2, 0.25) is 0 Å². The molecule has 102 valence electrons. The number of hydrogen-bond acceptors (Lipinski definition) is 3. The highest BCUT2D eigenvalue weighted by Gasteiger charge is 2.48. The van der Waals surface area contributed by atoms with E-state index in [1.54, 1.807) is 6.92 Å². The predicted molar refractivity (Wildman–Crippen MR) is 66.9 cm³/mol. The lowest BCUT2D eigenvalue weighted by molar-refractivity contribution is -0.128. The maximum atomic E-state index is 11.7. The molecule has 1 atom stereocenters. The Morgan fingerprint density at radius 2 is 2.06 bits per heavy atom. The molecule has 1 aliphatic heterocycles. The number of nitrogens with one attached hydrogen (secondary N) is 2. The van der Waals surface area contributed by atoms with Gasteiger partial charge in [0.25, 0.3) is 5.91 Å². The largest absolute Gasteiger partial charge is 0.355 e. The zero-order valence-corrected chi connectivity index (χ0v) is 11.2. The third-order valence-electron chi connectivity index (χ3n) is 3.39. The van der Waals surface area contributed by atoms with E-state index in [1.165, 1.54) is 4.90 Å². The second-order valence-corrected chi connectivity index (χ2v) is 4.68. The molecule has 1 heterocycles. The molecule has 18 heavy (non-hydrogen) atoms. The molecule has 0 aromatic rings. The fourth-order valence-corrected chi connectivity index (χ4v) is 1.85. The van der Waals surface area contributed by atoms with Crippen LogP contribution in [0.1, 0.15) is 40.0 Å². The van der Waals surface area contributed by atoms with Gasteiger partial charge in [-0.2, -0.15) is 0 Å². The molecule has 0 bridgehead atoms. The Labute approximate surface area is 107 Å². The Morgan fingerprint density at radius 1 is 1.39 bits per heavy atom. The van der Waals surface area contributed by atoms with Crippen LogP contribution in [0.3, 0.4) is 0 Å². The lowest BCUT2D eigenvalue weighted by Crippen LogP contribution is -2.50. The summed E-state index contributed by atoms with van der Waals surface area (Å²) in [5.74, 6) is -0.565. The number of carbonyl (C=O) groups is 3. The maximum absolute atomic E-state index is 11.7. The lowest BCUT2D eigenvalue weighted by Gasteiger charge is -2.30. The number of amides is 4. The van der Waals surface area contributed by atoms with E-state index in [0.717, 1.165) is 12.8 Å². The Morgan fingerprint density at radius 3 is 2.61 bits per heavy atom. The monoisotopic (exact) mass is 255 g/mol. The summed E-state index contributed by atoms with van der Waals surface area (Å²) >= 11 is 0. The van der Waals surface area contributed by atoms with Gasteiger partial charge in [-0.25, -0.2) is 4.79 Å². The van der Waals surface area contributed by atoms with E-state index < -0.39 is 11.6 Å². The highest BCUT2D eigenvalue weighted by Crippen LogP contribution is 2.24. The van der Waals surface area contributed by atoms with Gasteiger partial charge in [-0.1, -0.05) is 20.3 Å². The summed E-state index contributed by atoms with van der Waals surface area (Å²) in [5.41, 5.74) is -0.917. The maximum Gasteiger partial charge on any atom is 0.325 e. The smallest absolute Gasteiger partial charge is 0.325 e. The van der Waals surface area contributed by atoms with Gasteiger partial charge in [0, 0.05) is 6.54 Å². The Kier molecular flexibility index (Phi) is 4.69. The lowest BCUT2D eigenvalue weighted by atomic mass is 9.97. The molecule has 1 unspecified atom stereocenters. The molecule has 6 nitrogen and oxygen atoms in total. The quantitative estimate of drug-likeness (QED) is 0.539. The fourth-order valence-electron chi connectivity index (χ4n) is 1.85. The summed E-state index contributed by atoms with van der Waals surface area (Å²) in [6.07, 6.45) is 2.38. The number of urea groups is 1.